The van der Waals surface area contributed by atoms with Gasteiger partial charge in [-0.3, -0.25) is 0 Å². The minimum Gasteiger partial charge on any atom is -2.00 e. The Labute approximate surface area is 869 Å². The van der Waals surface area contributed by atoms with E-state index < -0.39 is 53.7 Å². The average Bonchev–Trinajstić information content (AvgIpc) is 0.976. The molecule has 0 aromatic heterocycles. The molecular weight excluding hydrogens is 2110 g/mol. The van der Waals surface area contributed by atoms with Crippen LogP contribution in [0, 0.1) is 11.3 Å². The number of aliphatic hydroxyl groups is 3. The molecule has 0 heterocycles. The number of nitrogens with zero attached hydrogens (tertiary/aromatic N) is 5. The quantitative estimate of drug-likeness (QED) is 0.0322. The van der Waals surface area contributed by atoms with Crippen molar-refractivity contribution in [1.82, 2.24) is 19.6 Å². The summed E-state index contributed by atoms with van der Waals surface area (Å²) in [6, 6.07) is 74.3. The van der Waals surface area contributed by atoms with E-state index in [0.29, 0.717) is 78.5 Å². The third-order valence-corrected chi connectivity index (χ3v) is 14.0. The van der Waals surface area contributed by atoms with Gasteiger partial charge in [0.1, 0.15) is 0 Å². The van der Waals surface area contributed by atoms with Gasteiger partial charge in [0, 0.05) is 26.6 Å². The standard InChI is InChI=1S/9C7H6O2.3C6H13NO3.C6H12NO3.C2H3N.8Fe.3O/c9*8-7(9)6-4-2-1-3-5-6;4*8-4-1-7(2-5-9)3-6-10;1-2-3;;;;;;;;;;;/h9*1-5H,(H,8,9);3*8H,1-6H2;1-6H2;1H3;;;;;;;;;;;/q;;;;;;;;;3*-2;-3;;5*+3;3*+4;3*-2/p-9. The summed E-state index contributed by atoms with van der Waals surface area (Å²) in [6.45, 7) is 3.97. The molecule has 0 unspecified atom stereocenters. The first-order valence-electron chi connectivity index (χ1n) is 37.2. The third kappa shape index (κ3) is 104. The van der Waals surface area contributed by atoms with Crippen LogP contribution in [-0.4, -0.2) is 246 Å². The van der Waals surface area contributed by atoms with Crippen LogP contribution in [0.3, 0.4) is 0 Å². The van der Waals surface area contributed by atoms with Crippen LogP contribution in [0.15, 0.2) is 273 Å². The van der Waals surface area contributed by atoms with Crippen LogP contribution in [0.5, 0.6) is 0 Å². The maximum absolute atomic E-state index is 10.1. The molecule has 0 bridgehead atoms. The number of hydrogen-bond acceptors (Lipinski definition) is 35. The van der Waals surface area contributed by atoms with Crippen molar-refractivity contribution in [2.75, 3.05) is 158 Å². The van der Waals surface area contributed by atoms with Gasteiger partial charge < -0.3 is 186 Å². The SMILES string of the molecule is CC#N.O=C([O-])c1ccccc1.O=C([O-])c1ccccc1.O=C([O-])c1ccccc1.O=C([O-])c1ccccc1.O=C([O-])c1ccccc1.O=C([O-])c1ccccc1.O=C([O-])c1ccccc1.O=C([O-])c1ccccc1.O=C([O-])c1ccccc1.[Fe+3].[Fe+3].[Fe+3].[Fe+3].[Fe+3].[Fe+4].[Fe+4].[Fe+4].[O-2].[O-2].[O-2].[O-]CCN(CC[O-])CCO.[O-]CCN(CC[O-])CCO.[O-]CCN(CC[O-])CCO.[O-]CCN(CC[O-])CC[O-]. The molecule has 9 rings (SSSR count). The summed E-state index contributed by atoms with van der Waals surface area (Å²) in [5, 5.41) is 214. The predicted molar refractivity (Wildman–Crippen MR) is 421 cm³/mol. The summed E-state index contributed by atoms with van der Waals surface area (Å²) in [5.74, 6) is -10.2. The topological polar surface area (TPSA) is 752 Å². The van der Waals surface area contributed by atoms with Crippen molar-refractivity contribution in [2.24, 2.45) is 0 Å². The van der Waals surface area contributed by atoms with Gasteiger partial charge in [-0.2, -0.15) is 5.26 Å². The number of carboxylic acids is 9. The first-order chi connectivity index (χ1) is 59.5. The van der Waals surface area contributed by atoms with E-state index in [2.05, 4.69) is 0 Å². The van der Waals surface area contributed by atoms with Gasteiger partial charge >= 0.3 is 137 Å². The largest absolute Gasteiger partial charge is 4.00 e. The summed E-state index contributed by atoms with van der Waals surface area (Å²) < 4.78 is 0. The first-order valence-corrected chi connectivity index (χ1v) is 37.2. The number of carboxylic acid groups (broad SMARTS) is 9. The van der Waals surface area contributed by atoms with Crippen LogP contribution in [0.4, 0.5) is 0 Å². The van der Waals surface area contributed by atoms with E-state index in [1.54, 1.807) is 189 Å². The second-order valence-electron chi connectivity index (χ2n) is 23.0. The van der Waals surface area contributed by atoms with E-state index >= 15 is 0 Å². The molecule has 739 valence electrons. The number of aromatic carboxylic acids is 9. The van der Waals surface area contributed by atoms with E-state index in [1.165, 1.54) is 116 Å². The van der Waals surface area contributed by atoms with Gasteiger partial charge in [-0.15, -0.1) is 59.5 Å². The molecule has 0 saturated heterocycles. The molecular formula is C89H99Fe8N5O33+3. The maximum atomic E-state index is 10.1. The second-order valence-corrected chi connectivity index (χ2v) is 23.0. The molecule has 38 nitrogen and oxygen atoms in total. The fourth-order valence-electron chi connectivity index (χ4n) is 8.10. The number of nitriles is 1. The normalized spacial score (nSPS) is 8.59. The Morgan fingerprint density at radius 2 is 0.289 bits per heavy atom. The molecule has 3 N–H and O–H groups in total. The zero-order valence-electron chi connectivity index (χ0n) is 72.1. The second kappa shape index (κ2) is 119. The summed E-state index contributed by atoms with van der Waals surface area (Å²) in [6.07, 6.45) is 0. The Kier molecular flexibility index (Phi) is 144. The van der Waals surface area contributed by atoms with E-state index in [9.17, 15) is 135 Å². The van der Waals surface area contributed by atoms with Crippen molar-refractivity contribution in [3.63, 3.8) is 0 Å². The molecule has 0 aliphatic rings. The summed E-state index contributed by atoms with van der Waals surface area (Å²) in [7, 11) is 0. The van der Waals surface area contributed by atoms with Crippen molar-refractivity contribution in [3.8, 4) is 6.07 Å². The molecule has 135 heavy (non-hydrogen) atoms. The molecule has 0 saturated carbocycles. The Bertz CT molecular complexity index is 3300. The number of rotatable bonds is 33. The zero-order chi connectivity index (χ0) is 94.2. The predicted octanol–water partition coefficient (Wildman–Crippen LogP) is -12.0. The number of hydrogen-bond donors (Lipinski definition) is 3. The van der Waals surface area contributed by atoms with Gasteiger partial charge in [0.15, 0.2) is 0 Å². The van der Waals surface area contributed by atoms with E-state index in [4.69, 9.17) is 20.6 Å². The van der Waals surface area contributed by atoms with Crippen LogP contribution in [0.25, 0.3) is 0 Å². The molecule has 46 heteroatoms. The van der Waals surface area contributed by atoms with Crippen LogP contribution in [-0.2, 0) is 153 Å². The maximum Gasteiger partial charge on any atom is 4.00 e. The van der Waals surface area contributed by atoms with E-state index in [0.717, 1.165) is 0 Å². The molecule has 0 spiro atoms. The summed E-state index contributed by atoms with van der Waals surface area (Å²) in [5.41, 5.74) is 1.98. The number of benzene rings is 9. The molecule has 0 aliphatic heterocycles. The monoisotopic (exact) mass is 2210 g/mol. The molecule has 0 amide bonds. The number of aliphatic hydroxyl groups excluding tert-OH is 3. The molecule has 0 fully saturated rings. The Hall–Kier alpha value is -8.90. The number of carbonyl (C=O) groups is 9. The first kappa shape index (κ1) is 163. The Morgan fingerprint density at radius 1 is 0.215 bits per heavy atom. The van der Waals surface area contributed by atoms with Gasteiger partial charge in [0.2, 0.25) is 0 Å². The van der Waals surface area contributed by atoms with Crippen molar-refractivity contribution in [1.29, 1.82) is 5.26 Å². The van der Waals surface area contributed by atoms with Gasteiger partial charge in [-0.05, 0) is 109 Å². The van der Waals surface area contributed by atoms with Crippen LogP contribution >= 0.6 is 0 Å². The molecule has 0 aliphatic carbocycles. The smallest absolute Gasteiger partial charge is 2.00 e. The van der Waals surface area contributed by atoms with E-state index in [1.807, 2.05) is 0 Å². The van der Waals surface area contributed by atoms with Crippen LogP contribution in [0.1, 0.15) is 100 Å². The van der Waals surface area contributed by atoms with Crippen molar-refractivity contribution in [3.05, 3.63) is 323 Å². The minimum atomic E-state index is -1.13. The molecule has 9 aromatic carbocycles. The average molecular weight is 2210 g/mol. The van der Waals surface area contributed by atoms with E-state index in [-0.39, 0.29) is 282 Å². The van der Waals surface area contributed by atoms with Crippen LogP contribution < -0.4 is 91.9 Å². The Balaban J connectivity index is -0.0000000804. The van der Waals surface area contributed by atoms with Gasteiger partial charge in [-0.25, -0.2) is 0 Å². The molecule has 0 atom stereocenters. The minimum absolute atomic E-state index is 0. The Morgan fingerprint density at radius 3 is 0.341 bits per heavy atom. The van der Waals surface area contributed by atoms with Gasteiger partial charge in [0.05, 0.1) is 79.6 Å². The molecule has 5 radical (unpaired) electrons. The zero-order valence-corrected chi connectivity index (χ0v) is 80.9. The molecule has 9 aromatic rings. The van der Waals surface area contributed by atoms with Crippen molar-refractivity contribution >= 4 is 53.7 Å². The summed E-state index contributed by atoms with van der Waals surface area (Å²) in [4.78, 5) is 97.4. The fraction of sp³-hybridized carbons (Fsp3) is 0.281. The fourth-order valence-corrected chi connectivity index (χ4v) is 8.10. The van der Waals surface area contributed by atoms with Crippen LogP contribution in [0.2, 0.25) is 0 Å². The van der Waals surface area contributed by atoms with Gasteiger partial charge in [-0.1, -0.05) is 273 Å². The van der Waals surface area contributed by atoms with Crippen molar-refractivity contribution in [2.45, 2.75) is 6.92 Å². The van der Waals surface area contributed by atoms with Crippen molar-refractivity contribution < 1.29 is 303 Å². The number of carbonyl (C=O) groups excluding carboxylic acids is 9. The van der Waals surface area contributed by atoms with Gasteiger partial charge in [0.25, 0.3) is 0 Å². The summed E-state index contributed by atoms with van der Waals surface area (Å²) >= 11 is 0. The third-order valence-electron chi connectivity index (χ3n) is 14.0.